The summed E-state index contributed by atoms with van der Waals surface area (Å²) in [4.78, 5) is 11.4. The second kappa shape index (κ2) is 6.18. The van der Waals surface area contributed by atoms with Crippen molar-refractivity contribution in [2.24, 2.45) is 0 Å². The minimum Gasteiger partial charge on any atom is -0.388 e. The molecule has 3 N–H and O–H groups in total. The molecule has 0 aromatic heterocycles. The van der Waals surface area contributed by atoms with Gasteiger partial charge in [0.15, 0.2) is 0 Å². The predicted molar refractivity (Wildman–Crippen MR) is 61.2 cm³/mol. The Labute approximate surface area is 96.6 Å². The van der Waals surface area contributed by atoms with E-state index in [1.165, 1.54) is 0 Å². The van der Waals surface area contributed by atoms with Crippen LogP contribution in [0, 0.1) is 0 Å². The molecule has 0 bridgehead atoms. The number of nitrogens with one attached hydrogen (secondary N) is 2. The zero-order chi connectivity index (χ0) is 12.0. The maximum Gasteiger partial charge on any atom is 0.236 e. The van der Waals surface area contributed by atoms with Crippen LogP contribution in [0.4, 0.5) is 0 Å². The van der Waals surface area contributed by atoms with Crippen molar-refractivity contribution >= 4 is 5.91 Å². The minimum atomic E-state index is -0.723. The zero-order valence-corrected chi connectivity index (χ0v) is 10.1. The van der Waals surface area contributed by atoms with E-state index in [0.717, 1.165) is 0 Å². The monoisotopic (exact) mass is 230 g/mol. The molecule has 1 atom stereocenters. The second-order valence-corrected chi connectivity index (χ2v) is 4.33. The molecular weight excluding hydrogens is 208 g/mol. The molecule has 1 heterocycles. The molecule has 5 nitrogen and oxygen atoms in total. The quantitative estimate of drug-likeness (QED) is 0.603. The lowest BCUT2D eigenvalue weighted by Gasteiger charge is -2.33. The first-order valence-electron chi connectivity index (χ1n) is 5.88. The number of carbonyl (C=O) groups is 1. The van der Waals surface area contributed by atoms with E-state index in [4.69, 9.17) is 4.74 Å². The third kappa shape index (κ3) is 4.08. The molecule has 16 heavy (non-hydrogen) atoms. The Hall–Kier alpha value is -0.650. The topological polar surface area (TPSA) is 70.6 Å². The van der Waals surface area contributed by atoms with Gasteiger partial charge in [-0.25, -0.2) is 0 Å². The average molecular weight is 230 g/mol. The van der Waals surface area contributed by atoms with Gasteiger partial charge in [-0.05, 0) is 13.8 Å². The molecule has 1 aliphatic rings. The van der Waals surface area contributed by atoms with E-state index in [1.807, 2.05) is 6.92 Å². The van der Waals surface area contributed by atoms with E-state index < -0.39 is 5.60 Å². The average Bonchev–Trinajstić information content (AvgIpc) is 2.27. The van der Waals surface area contributed by atoms with E-state index >= 15 is 0 Å². The number of hydrogen-bond donors (Lipinski definition) is 3. The molecular formula is C11H22N2O3. The molecule has 1 amide bonds. The fourth-order valence-corrected chi connectivity index (χ4v) is 1.69. The van der Waals surface area contributed by atoms with Crippen molar-refractivity contribution in [3.8, 4) is 0 Å². The summed E-state index contributed by atoms with van der Waals surface area (Å²) in [5.41, 5.74) is -0.723. The molecule has 1 aliphatic heterocycles. The van der Waals surface area contributed by atoms with E-state index in [2.05, 4.69) is 10.6 Å². The lowest BCUT2D eigenvalue weighted by atomic mass is 9.94. The third-order valence-corrected chi connectivity index (χ3v) is 2.91. The molecule has 1 saturated heterocycles. The highest BCUT2D eigenvalue weighted by Crippen LogP contribution is 2.19. The van der Waals surface area contributed by atoms with Gasteiger partial charge in [0.2, 0.25) is 5.91 Å². The van der Waals surface area contributed by atoms with Crippen molar-refractivity contribution in [3.63, 3.8) is 0 Å². The van der Waals surface area contributed by atoms with Gasteiger partial charge in [-0.15, -0.1) is 0 Å². The number of likely N-dealkylation sites (N-methyl/N-ethyl adjacent to an activating group) is 1. The lowest BCUT2D eigenvalue weighted by Crippen LogP contribution is -2.51. The Balaban J connectivity index is 2.29. The van der Waals surface area contributed by atoms with Gasteiger partial charge in [-0.2, -0.15) is 0 Å². The van der Waals surface area contributed by atoms with Crippen LogP contribution in [-0.2, 0) is 9.53 Å². The van der Waals surface area contributed by atoms with Crippen molar-refractivity contribution < 1.29 is 14.6 Å². The van der Waals surface area contributed by atoms with Gasteiger partial charge >= 0.3 is 0 Å². The number of aliphatic hydroxyl groups is 1. The Morgan fingerprint density at radius 1 is 1.50 bits per heavy atom. The van der Waals surface area contributed by atoms with E-state index in [9.17, 15) is 9.90 Å². The van der Waals surface area contributed by atoms with Crippen LogP contribution in [0.15, 0.2) is 0 Å². The highest BCUT2D eigenvalue weighted by Gasteiger charge is 2.30. The Morgan fingerprint density at radius 3 is 2.69 bits per heavy atom. The number of ether oxygens (including phenoxy) is 1. The molecule has 0 saturated carbocycles. The third-order valence-electron chi connectivity index (χ3n) is 2.91. The van der Waals surface area contributed by atoms with Crippen LogP contribution in [0.1, 0.15) is 26.7 Å². The fourth-order valence-electron chi connectivity index (χ4n) is 1.69. The van der Waals surface area contributed by atoms with Gasteiger partial charge < -0.3 is 20.5 Å². The van der Waals surface area contributed by atoms with Crippen LogP contribution in [0.5, 0.6) is 0 Å². The van der Waals surface area contributed by atoms with Crippen molar-refractivity contribution in [3.05, 3.63) is 0 Å². The summed E-state index contributed by atoms with van der Waals surface area (Å²) < 4.78 is 5.19. The van der Waals surface area contributed by atoms with Crippen LogP contribution in [0.2, 0.25) is 0 Å². The zero-order valence-electron chi connectivity index (χ0n) is 10.1. The number of amides is 1. The smallest absolute Gasteiger partial charge is 0.236 e. The van der Waals surface area contributed by atoms with Crippen LogP contribution in [-0.4, -0.2) is 49.0 Å². The summed E-state index contributed by atoms with van der Waals surface area (Å²) in [5, 5.41) is 16.0. The molecule has 0 aromatic carbocycles. The van der Waals surface area contributed by atoms with E-state index in [-0.39, 0.29) is 11.9 Å². The molecule has 5 heteroatoms. The van der Waals surface area contributed by atoms with Gasteiger partial charge in [0.05, 0.1) is 11.6 Å². The summed E-state index contributed by atoms with van der Waals surface area (Å²) in [5.74, 6) is -0.0295. The molecule has 0 aromatic rings. The first-order chi connectivity index (χ1) is 7.57. The second-order valence-electron chi connectivity index (χ2n) is 4.33. The van der Waals surface area contributed by atoms with Crippen LogP contribution in [0.3, 0.4) is 0 Å². The molecule has 0 radical (unpaired) electrons. The van der Waals surface area contributed by atoms with Crippen molar-refractivity contribution in [1.29, 1.82) is 0 Å². The van der Waals surface area contributed by atoms with Gasteiger partial charge in [-0.3, -0.25) is 4.79 Å². The Morgan fingerprint density at radius 2 is 2.12 bits per heavy atom. The maximum absolute atomic E-state index is 11.4. The molecule has 1 rings (SSSR count). The summed E-state index contributed by atoms with van der Waals surface area (Å²) in [7, 11) is 0. The summed E-state index contributed by atoms with van der Waals surface area (Å²) >= 11 is 0. The first kappa shape index (κ1) is 13.4. The number of carbonyl (C=O) groups excluding carboxylic acids is 1. The van der Waals surface area contributed by atoms with Gasteiger partial charge in [-0.1, -0.05) is 0 Å². The van der Waals surface area contributed by atoms with E-state index in [0.29, 0.717) is 39.1 Å². The van der Waals surface area contributed by atoms with Crippen molar-refractivity contribution in [2.75, 3.05) is 26.3 Å². The molecule has 0 spiro atoms. The highest BCUT2D eigenvalue weighted by molar-refractivity contribution is 5.81. The summed E-state index contributed by atoms with van der Waals surface area (Å²) in [6.07, 6.45) is 1.25. The van der Waals surface area contributed by atoms with Crippen LogP contribution < -0.4 is 10.6 Å². The van der Waals surface area contributed by atoms with Gasteiger partial charge in [0.1, 0.15) is 0 Å². The molecule has 0 aliphatic carbocycles. The van der Waals surface area contributed by atoms with Crippen molar-refractivity contribution in [2.45, 2.75) is 38.3 Å². The van der Waals surface area contributed by atoms with Gasteiger partial charge in [0, 0.05) is 39.1 Å². The number of hydrogen-bond acceptors (Lipinski definition) is 4. The van der Waals surface area contributed by atoms with Crippen LogP contribution >= 0.6 is 0 Å². The minimum absolute atomic E-state index is 0.0295. The van der Waals surface area contributed by atoms with Crippen LogP contribution in [0.25, 0.3) is 0 Å². The number of rotatable bonds is 5. The largest absolute Gasteiger partial charge is 0.388 e. The fraction of sp³-hybridized carbons (Fsp3) is 0.909. The summed E-state index contributed by atoms with van der Waals surface area (Å²) in [6, 6.07) is -0.271. The highest BCUT2D eigenvalue weighted by atomic mass is 16.5. The molecule has 1 fully saturated rings. The lowest BCUT2D eigenvalue weighted by molar-refractivity contribution is -0.123. The molecule has 1 unspecified atom stereocenters. The Bertz CT molecular complexity index is 227. The summed E-state index contributed by atoms with van der Waals surface area (Å²) in [6.45, 7) is 5.93. The standard InChI is InChI=1S/C11H22N2O3/c1-3-12-10(14)9(2)13-8-11(15)4-6-16-7-5-11/h9,13,15H,3-8H2,1-2H3,(H,12,14). The Kier molecular flexibility index (Phi) is 5.18. The van der Waals surface area contributed by atoms with Gasteiger partial charge in [0.25, 0.3) is 0 Å². The van der Waals surface area contributed by atoms with E-state index in [1.54, 1.807) is 6.92 Å². The predicted octanol–water partition coefficient (Wildman–Crippen LogP) is -0.358. The molecule has 94 valence electrons. The van der Waals surface area contributed by atoms with Crippen molar-refractivity contribution in [1.82, 2.24) is 10.6 Å². The SMILES string of the molecule is CCNC(=O)C(C)NCC1(O)CCOCC1. The first-order valence-corrected chi connectivity index (χ1v) is 5.88. The normalized spacial score (nSPS) is 21.4. The maximum atomic E-state index is 11.4.